The summed E-state index contributed by atoms with van der Waals surface area (Å²) in [4.78, 5) is 35.3. The number of fused-ring (bicyclic) bond motifs is 1. The van der Waals surface area contributed by atoms with Crippen LogP contribution in [0.1, 0.15) is 34.1 Å². The molecule has 0 spiro atoms. The molecule has 0 aliphatic heterocycles. The molecule has 0 N–H and O–H groups in total. The van der Waals surface area contributed by atoms with Gasteiger partial charge in [-0.3, -0.25) is 14.4 Å². The fourth-order valence-corrected chi connectivity index (χ4v) is 2.07. The van der Waals surface area contributed by atoms with Gasteiger partial charge in [-0.15, -0.1) is 0 Å². The number of Topliss-reactive ketones (excluding diaryl/α,β-unsaturated/α-hetero) is 2. The fourth-order valence-electron chi connectivity index (χ4n) is 1.60. The van der Waals surface area contributed by atoms with E-state index in [0.717, 1.165) is 0 Å². The number of halogens is 1. The molecule has 0 saturated heterocycles. The third kappa shape index (κ3) is 2.01. The Kier molecular flexibility index (Phi) is 3.43. The zero-order valence-electron chi connectivity index (χ0n) is 9.53. The number of benzene rings is 1. The summed E-state index contributed by atoms with van der Waals surface area (Å²) >= 11 is 3.02. The van der Waals surface area contributed by atoms with E-state index in [4.69, 9.17) is 4.74 Å². The smallest absolute Gasteiger partial charge is 0.311 e. The van der Waals surface area contributed by atoms with Crippen LogP contribution in [0.25, 0.3) is 0 Å². The van der Waals surface area contributed by atoms with E-state index in [-0.39, 0.29) is 28.0 Å². The molecule has 1 aliphatic rings. The highest BCUT2D eigenvalue weighted by Crippen LogP contribution is 2.30. The molecule has 0 saturated carbocycles. The molecule has 0 atom stereocenters. The maximum atomic E-state index is 12.1. The minimum absolute atomic E-state index is 0.00648. The Morgan fingerprint density at radius 1 is 1.17 bits per heavy atom. The van der Waals surface area contributed by atoms with E-state index in [2.05, 4.69) is 15.9 Å². The highest BCUT2D eigenvalue weighted by molar-refractivity contribution is 9.12. The van der Waals surface area contributed by atoms with Crippen LogP contribution in [0.3, 0.4) is 0 Å². The highest BCUT2D eigenvalue weighted by atomic mass is 79.9. The van der Waals surface area contributed by atoms with Crippen molar-refractivity contribution in [3.63, 3.8) is 0 Å². The van der Waals surface area contributed by atoms with Crippen molar-refractivity contribution in [2.75, 3.05) is 0 Å². The second-order valence-corrected chi connectivity index (χ2v) is 4.47. The van der Waals surface area contributed by atoms with Crippen LogP contribution in [-0.2, 0) is 9.53 Å². The molecule has 1 aromatic rings. The lowest BCUT2D eigenvalue weighted by molar-refractivity contribution is -0.138. The first kappa shape index (κ1) is 12.7. The van der Waals surface area contributed by atoms with E-state index in [0.29, 0.717) is 5.56 Å². The van der Waals surface area contributed by atoms with Gasteiger partial charge in [-0.2, -0.15) is 0 Å². The van der Waals surface area contributed by atoms with Crippen molar-refractivity contribution in [3.8, 4) is 0 Å². The van der Waals surface area contributed by atoms with Crippen molar-refractivity contribution in [1.82, 2.24) is 0 Å². The molecule has 18 heavy (non-hydrogen) atoms. The predicted molar refractivity (Wildman–Crippen MR) is 67.4 cm³/mol. The SMILES string of the molecule is CCC(=O)OC1=C(Br)C(=O)c2ccccc2C1=O. The third-order valence-corrected chi connectivity index (χ3v) is 3.25. The Morgan fingerprint density at radius 2 is 1.72 bits per heavy atom. The number of rotatable bonds is 2. The van der Waals surface area contributed by atoms with Gasteiger partial charge in [0.1, 0.15) is 4.48 Å². The maximum absolute atomic E-state index is 12.1. The molecular formula is C13H9BrO4. The lowest BCUT2D eigenvalue weighted by atomic mass is 9.94. The van der Waals surface area contributed by atoms with Crippen LogP contribution in [0.5, 0.6) is 0 Å². The van der Waals surface area contributed by atoms with Gasteiger partial charge in [0.15, 0.2) is 5.76 Å². The van der Waals surface area contributed by atoms with Crippen molar-refractivity contribution < 1.29 is 19.1 Å². The molecular weight excluding hydrogens is 300 g/mol. The summed E-state index contributed by atoms with van der Waals surface area (Å²) in [6.45, 7) is 1.61. The Bertz CT molecular complexity index is 586. The Morgan fingerprint density at radius 3 is 2.28 bits per heavy atom. The van der Waals surface area contributed by atoms with Crippen molar-refractivity contribution in [2.24, 2.45) is 0 Å². The summed E-state index contributed by atoms with van der Waals surface area (Å²) in [7, 11) is 0. The molecule has 0 heterocycles. The average molecular weight is 309 g/mol. The highest BCUT2D eigenvalue weighted by Gasteiger charge is 2.33. The van der Waals surface area contributed by atoms with Gasteiger partial charge < -0.3 is 4.74 Å². The van der Waals surface area contributed by atoms with E-state index < -0.39 is 11.8 Å². The number of hydrogen-bond donors (Lipinski definition) is 0. The first-order valence-electron chi connectivity index (χ1n) is 5.35. The van der Waals surface area contributed by atoms with Crippen LogP contribution in [0.15, 0.2) is 34.5 Å². The van der Waals surface area contributed by atoms with Crippen LogP contribution in [0, 0.1) is 0 Å². The predicted octanol–water partition coefficient (Wildman–Crippen LogP) is 2.63. The van der Waals surface area contributed by atoms with E-state index in [1.54, 1.807) is 25.1 Å². The molecule has 2 rings (SSSR count). The van der Waals surface area contributed by atoms with Gasteiger partial charge in [-0.25, -0.2) is 0 Å². The summed E-state index contributed by atoms with van der Waals surface area (Å²) in [5, 5.41) is 0. The lowest BCUT2D eigenvalue weighted by Crippen LogP contribution is -2.22. The Labute approximate surface area is 112 Å². The molecule has 4 nitrogen and oxygen atoms in total. The van der Waals surface area contributed by atoms with Crippen LogP contribution in [-0.4, -0.2) is 17.5 Å². The van der Waals surface area contributed by atoms with E-state index >= 15 is 0 Å². The minimum atomic E-state index is -0.553. The number of esters is 1. The number of allylic oxidation sites excluding steroid dienone is 2. The molecule has 5 heteroatoms. The van der Waals surface area contributed by atoms with Gasteiger partial charge in [0, 0.05) is 17.5 Å². The summed E-state index contributed by atoms with van der Waals surface area (Å²) in [5.74, 6) is -1.60. The number of hydrogen-bond acceptors (Lipinski definition) is 4. The molecule has 0 aromatic heterocycles. The fraction of sp³-hybridized carbons (Fsp3) is 0.154. The van der Waals surface area contributed by atoms with Gasteiger partial charge in [0.2, 0.25) is 11.6 Å². The number of carbonyl (C=O) groups excluding carboxylic acids is 3. The number of carbonyl (C=O) groups is 3. The van der Waals surface area contributed by atoms with Crippen molar-refractivity contribution in [3.05, 3.63) is 45.6 Å². The summed E-state index contributed by atoms with van der Waals surface area (Å²) in [6.07, 6.45) is 0.132. The maximum Gasteiger partial charge on any atom is 0.311 e. The molecule has 1 aromatic carbocycles. The zero-order valence-corrected chi connectivity index (χ0v) is 11.1. The summed E-state index contributed by atoms with van der Waals surface area (Å²) in [6, 6.07) is 6.43. The lowest BCUT2D eigenvalue weighted by Gasteiger charge is -2.16. The van der Waals surface area contributed by atoms with Gasteiger partial charge >= 0.3 is 5.97 Å². The first-order valence-corrected chi connectivity index (χ1v) is 6.14. The molecule has 0 bridgehead atoms. The van der Waals surface area contributed by atoms with Gasteiger partial charge in [-0.05, 0) is 15.9 Å². The van der Waals surface area contributed by atoms with Crippen molar-refractivity contribution in [1.29, 1.82) is 0 Å². The number of ketones is 2. The first-order chi connectivity index (χ1) is 8.56. The van der Waals surface area contributed by atoms with Crippen LogP contribution >= 0.6 is 15.9 Å². The van der Waals surface area contributed by atoms with Crippen LogP contribution < -0.4 is 0 Å². The topological polar surface area (TPSA) is 60.4 Å². The van der Waals surface area contributed by atoms with Gasteiger partial charge in [0.05, 0.1) is 0 Å². The normalized spacial score (nSPS) is 14.6. The molecule has 0 unspecified atom stereocenters. The molecule has 92 valence electrons. The second-order valence-electron chi connectivity index (χ2n) is 3.67. The molecule has 0 amide bonds. The van der Waals surface area contributed by atoms with E-state index in [1.165, 1.54) is 6.07 Å². The third-order valence-electron chi connectivity index (χ3n) is 2.53. The van der Waals surface area contributed by atoms with Gasteiger partial charge in [0.25, 0.3) is 0 Å². The van der Waals surface area contributed by atoms with Crippen LogP contribution in [0.2, 0.25) is 0 Å². The molecule has 0 fully saturated rings. The Balaban J connectivity index is 2.50. The average Bonchev–Trinajstić information content (AvgIpc) is 2.40. The summed E-state index contributed by atoms with van der Waals surface area (Å²) < 4.78 is 4.91. The molecule has 0 radical (unpaired) electrons. The largest absolute Gasteiger partial charge is 0.421 e. The Hall–Kier alpha value is -1.75. The van der Waals surface area contributed by atoms with E-state index in [1.807, 2.05) is 0 Å². The van der Waals surface area contributed by atoms with Gasteiger partial charge in [-0.1, -0.05) is 31.2 Å². The zero-order chi connectivity index (χ0) is 13.3. The van der Waals surface area contributed by atoms with Crippen molar-refractivity contribution >= 4 is 33.5 Å². The monoisotopic (exact) mass is 308 g/mol. The molecule has 1 aliphatic carbocycles. The second kappa shape index (κ2) is 4.86. The number of ether oxygens (including phenoxy) is 1. The standard InChI is InChI=1S/C13H9BrO4/c1-2-9(15)18-13-10(14)11(16)7-5-3-4-6-8(7)12(13)17/h3-6H,2H2,1H3. The van der Waals surface area contributed by atoms with E-state index in [9.17, 15) is 14.4 Å². The van der Waals surface area contributed by atoms with Crippen LogP contribution in [0.4, 0.5) is 0 Å². The minimum Gasteiger partial charge on any atom is -0.421 e. The van der Waals surface area contributed by atoms with Crippen molar-refractivity contribution in [2.45, 2.75) is 13.3 Å². The quantitative estimate of drug-likeness (QED) is 0.788. The summed E-state index contributed by atoms with van der Waals surface area (Å²) in [5.41, 5.74) is 0.565.